The number of hydrogen-bond acceptors (Lipinski definition) is 5. The van der Waals surface area contributed by atoms with Crippen LogP contribution in [0.4, 0.5) is 0 Å². The van der Waals surface area contributed by atoms with E-state index in [0.29, 0.717) is 28.7 Å². The molecule has 0 spiro atoms. The summed E-state index contributed by atoms with van der Waals surface area (Å²) in [5.74, 6) is 0.675. The highest BCUT2D eigenvalue weighted by molar-refractivity contribution is 6.32. The van der Waals surface area contributed by atoms with Crippen molar-refractivity contribution in [2.75, 3.05) is 13.4 Å². The Kier molecular flexibility index (Phi) is 4.50. The highest BCUT2D eigenvalue weighted by Crippen LogP contribution is 2.41. The van der Waals surface area contributed by atoms with Crippen LogP contribution in [0.3, 0.4) is 0 Å². The Bertz CT molecular complexity index is 474. The van der Waals surface area contributed by atoms with Crippen LogP contribution in [0.15, 0.2) is 12.1 Å². The number of aliphatic hydroxyl groups excluding tert-OH is 1. The summed E-state index contributed by atoms with van der Waals surface area (Å²) in [6.07, 6.45) is -0.369. The van der Waals surface area contributed by atoms with Gasteiger partial charge in [0.1, 0.15) is 0 Å². The second-order valence-corrected chi connectivity index (χ2v) is 4.50. The smallest absolute Gasteiger partial charge is 0.305 e. The van der Waals surface area contributed by atoms with Crippen LogP contribution >= 0.6 is 11.6 Å². The van der Waals surface area contributed by atoms with Crippen LogP contribution in [0.5, 0.6) is 11.5 Å². The van der Waals surface area contributed by atoms with Gasteiger partial charge in [0.2, 0.25) is 6.79 Å². The molecule has 1 unspecified atom stereocenters. The van der Waals surface area contributed by atoms with Crippen LogP contribution < -0.4 is 9.47 Å². The molecule has 5 nitrogen and oxygen atoms in total. The fourth-order valence-electron chi connectivity index (χ4n) is 1.83. The lowest BCUT2D eigenvalue weighted by Crippen LogP contribution is -2.07. The SMILES string of the molecule is CCOC(=O)CCC(O)c1cc(Cl)c2c(c1)OCO2. The van der Waals surface area contributed by atoms with Crippen LogP contribution in [-0.2, 0) is 9.53 Å². The molecule has 1 atom stereocenters. The Labute approximate surface area is 116 Å². The lowest BCUT2D eigenvalue weighted by atomic mass is 10.0. The molecule has 0 bridgehead atoms. The van der Waals surface area contributed by atoms with Crippen LogP contribution in [-0.4, -0.2) is 24.5 Å². The molecular formula is C13H15ClO5. The second-order valence-electron chi connectivity index (χ2n) is 4.10. The maximum atomic E-state index is 11.2. The molecule has 104 valence electrons. The molecule has 1 aliphatic heterocycles. The molecule has 0 saturated carbocycles. The molecular weight excluding hydrogens is 272 g/mol. The van der Waals surface area contributed by atoms with Gasteiger partial charge in [0.05, 0.1) is 17.7 Å². The minimum Gasteiger partial charge on any atom is -0.466 e. The van der Waals surface area contributed by atoms with Crippen molar-refractivity contribution in [1.82, 2.24) is 0 Å². The molecule has 1 heterocycles. The first kappa shape index (κ1) is 14.0. The molecule has 1 aromatic carbocycles. The first-order chi connectivity index (χ1) is 9.11. The number of fused-ring (bicyclic) bond motifs is 1. The Morgan fingerprint density at radius 2 is 2.32 bits per heavy atom. The topological polar surface area (TPSA) is 65.0 Å². The molecule has 2 rings (SSSR count). The second kappa shape index (κ2) is 6.12. The minimum atomic E-state index is -0.795. The molecule has 1 aliphatic rings. The summed E-state index contributed by atoms with van der Waals surface area (Å²) in [6.45, 7) is 2.20. The number of aliphatic hydroxyl groups is 1. The summed E-state index contributed by atoms with van der Waals surface area (Å²) in [6, 6.07) is 3.29. The Morgan fingerprint density at radius 1 is 1.53 bits per heavy atom. The van der Waals surface area contributed by atoms with Crippen LogP contribution in [0, 0.1) is 0 Å². The Balaban J connectivity index is 2.01. The van der Waals surface area contributed by atoms with Gasteiger partial charge in [0, 0.05) is 6.42 Å². The maximum absolute atomic E-state index is 11.2. The standard InChI is InChI=1S/C13H15ClO5/c1-2-17-12(16)4-3-10(15)8-5-9(14)13-11(6-8)18-7-19-13/h5-6,10,15H,2-4,7H2,1H3. The third-order valence-corrected chi connectivity index (χ3v) is 3.04. The summed E-state index contributed by atoms with van der Waals surface area (Å²) in [7, 11) is 0. The zero-order chi connectivity index (χ0) is 13.8. The van der Waals surface area contributed by atoms with E-state index < -0.39 is 6.10 Å². The van der Waals surface area contributed by atoms with E-state index in [4.69, 9.17) is 25.8 Å². The Morgan fingerprint density at radius 3 is 3.05 bits per heavy atom. The van der Waals surface area contributed by atoms with Gasteiger partial charge in [-0.15, -0.1) is 0 Å². The van der Waals surface area contributed by atoms with E-state index in [1.807, 2.05) is 0 Å². The van der Waals surface area contributed by atoms with Crippen molar-refractivity contribution < 1.29 is 24.1 Å². The molecule has 19 heavy (non-hydrogen) atoms. The highest BCUT2D eigenvalue weighted by Gasteiger charge is 2.21. The zero-order valence-electron chi connectivity index (χ0n) is 10.5. The van der Waals surface area contributed by atoms with Crippen LogP contribution in [0.25, 0.3) is 0 Å². The molecule has 1 N–H and O–H groups in total. The highest BCUT2D eigenvalue weighted by atomic mass is 35.5. The number of esters is 1. The number of rotatable bonds is 5. The number of carbonyl (C=O) groups excluding carboxylic acids is 1. The summed E-state index contributed by atoms with van der Waals surface area (Å²) in [5.41, 5.74) is 0.596. The molecule has 0 radical (unpaired) electrons. The van der Waals surface area contributed by atoms with E-state index in [9.17, 15) is 9.90 Å². The van der Waals surface area contributed by atoms with Gasteiger partial charge in [0.25, 0.3) is 0 Å². The van der Waals surface area contributed by atoms with Crippen LogP contribution in [0.1, 0.15) is 31.4 Å². The fourth-order valence-corrected chi connectivity index (χ4v) is 2.11. The number of ether oxygens (including phenoxy) is 3. The zero-order valence-corrected chi connectivity index (χ0v) is 11.3. The first-order valence-electron chi connectivity index (χ1n) is 6.04. The lowest BCUT2D eigenvalue weighted by Gasteiger charge is -2.12. The van der Waals surface area contributed by atoms with E-state index in [1.165, 1.54) is 0 Å². The Hall–Kier alpha value is -1.46. The normalized spacial score (nSPS) is 14.3. The van der Waals surface area contributed by atoms with Crippen molar-refractivity contribution in [2.24, 2.45) is 0 Å². The van der Waals surface area contributed by atoms with Crippen molar-refractivity contribution in [2.45, 2.75) is 25.9 Å². The summed E-state index contributed by atoms with van der Waals surface area (Å²) < 4.78 is 15.2. The number of benzene rings is 1. The van der Waals surface area contributed by atoms with Crippen molar-refractivity contribution >= 4 is 17.6 Å². The number of halogens is 1. The third-order valence-electron chi connectivity index (χ3n) is 2.76. The van der Waals surface area contributed by atoms with E-state index in [2.05, 4.69) is 0 Å². The average molecular weight is 287 g/mol. The van der Waals surface area contributed by atoms with Gasteiger partial charge in [-0.1, -0.05) is 11.6 Å². The predicted octanol–water partition coefficient (Wildman–Crippen LogP) is 2.45. The summed E-state index contributed by atoms with van der Waals surface area (Å²) >= 11 is 6.02. The van der Waals surface area contributed by atoms with Gasteiger partial charge in [-0.25, -0.2) is 0 Å². The van der Waals surface area contributed by atoms with Crippen molar-refractivity contribution in [3.63, 3.8) is 0 Å². The van der Waals surface area contributed by atoms with Gasteiger partial charge in [0.15, 0.2) is 11.5 Å². The van der Waals surface area contributed by atoms with Gasteiger partial charge >= 0.3 is 5.97 Å². The van der Waals surface area contributed by atoms with Gasteiger partial charge < -0.3 is 19.3 Å². The van der Waals surface area contributed by atoms with Crippen molar-refractivity contribution in [3.05, 3.63) is 22.7 Å². The molecule has 0 aliphatic carbocycles. The van der Waals surface area contributed by atoms with Gasteiger partial charge in [-0.2, -0.15) is 0 Å². The predicted molar refractivity (Wildman–Crippen MR) is 68.4 cm³/mol. The molecule has 0 aromatic heterocycles. The molecule has 0 saturated heterocycles. The van der Waals surface area contributed by atoms with Crippen molar-refractivity contribution in [1.29, 1.82) is 0 Å². The monoisotopic (exact) mass is 286 g/mol. The van der Waals surface area contributed by atoms with E-state index in [-0.39, 0.29) is 25.6 Å². The fraction of sp³-hybridized carbons (Fsp3) is 0.462. The first-order valence-corrected chi connectivity index (χ1v) is 6.42. The third kappa shape index (κ3) is 3.30. The van der Waals surface area contributed by atoms with E-state index in [1.54, 1.807) is 19.1 Å². The summed E-state index contributed by atoms with van der Waals surface area (Å²) in [4.78, 5) is 11.2. The van der Waals surface area contributed by atoms with Crippen LogP contribution in [0.2, 0.25) is 5.02 Å². The number of carbonyl (C=O) groups is 1. The molecule has 0 amide bonds. The molecule has 6 heteroatoms. The maximum Gasteiger partial charge on any atom is 0.305 e. The van der Waals surface area contributed by atoms with E-state index in [0.717, 1.165) is 0 Å². The van der Waals surface area contributed by atoms with Gasteiger partial charge in [-0.3, -0.25) is 4.79 Å². The minimum absolute atomic E-state index is 0.122. The number of hydrogen-bond donors (Lipinski definition) is 1. The van der Waals surface area contributed by atoms with Crippen molar-refractivity contribution in [3.8, 4) is 11.5 Å². The largest absolute Gasteiger partial charge is 0.466 e. The van der Waals surface area contributed by atoms with E-state index >= 15 is 0 Å². The quantitative estimate of drug-likeness (QED) is 0.842. The van der Waals surface area contributed by atoms with Gasteiger partial charge in [-0.05, 0) is 31.0 Å². The molecule has 1 aromatic rings. The summed E-state index contributed by atoms with van der Waals surface area (Å²) in [5, 5.41) is 10.4. The molecule has 0 fully saturated rings. The average Bonchev–Trinajstić information content (AvgIpc) is 2.85. The lowest BCUT2D eigenvalue weighted by molar-refractivity contribution is -0.143.